The van der Waals surface area contributed by atoms with Gasteiger partial charge in [-0.05, 0) is 48.4 Å². The van der Waals surface area contributed by atoms with E-state index in [1.165, 1.54) is 6.07 Å². The van der Waals surface area contributed by atoms with E-state index >= 15 is 0 Å². The van der Waals surface area contributed by atoms with Crippen LogP contribution in [0.1, 0.15) is 34.5 Å². The number of halogens is 1. The van der Waals surface area contributed by atoms with Gasteiger partial charge in [-0.25, -0.2) is 22.2 Å². The third-order valence-corrected chi connectivity index (χ3v) is 9.79. The maximum absolute atomic E-state index is 14.7. The lowest BCUT2D eigenvalue weighted by molar-refractivity contribution is 0.0774. The van der Waals surface area contributed by atoms with Gasteiger partial charge < -0.3 is 4.90 Å². The number of hydrogen-bond acceptors (Lipinski definition) is 5. The van der Waals surface area contributed by atoms with Crippen molar-refractivity contribution in [3.05, 3.63) is 75.5 Å². The van der Waals surface area contributed by atoms with Crippen LogP contribution in [0.25, 0.3) is 10.8 Å². The number of aromatic nitrogens is 2. The van der Waals surface area contributed by atoms with Gasteiger partial charge in [0.05, 0.1) is 21.9 Å². The summed E-state index contributed by atoms with van der Waals surface area (Å²) in [6.07, 6.45) is 1.80. The Hall–Kier alpha value is -3.11. The van der Waals surface area contributed by atoms with Gasteiger partial charge in [-0.1, -0.05) is 24.3 Å². The molecule has 1 N–H and O–H groups in total. The zero-order valence-corrected chi connectivity index (χ0v) is 19.8. The molecule has 0 radical (unpaired) electrons. The van der Waals surface area contributed by atoms with E-state index < -0.39 is 15.8 Å². The number of nitrogens with zero attached hydrogens (tertiary/aromatic N) is 3. The fraction of sp³-hybridized carbons (Fsp3) is 0.400. The molecule has 3 aliphatic rings. The average molecular weight is 497 g/mol. The SMILES string of the molecule is O=C(c1cc(Cc2n[nH]c(=O)c3ccccc23)ccc1F)N1CC2CN(S(=O)(=O)C3CC3)CC2C1. The second-order valence-electron chi connectivity index (χ2n) is 9.83. The van der Waals surface area contributed by atoms with Crippen molar-refractivity contribution < 1.29 is 17.6 Å². The molecular weight excluding hydrogens is 471 g/mol. The molecule has 8 nitrogen and oxygen atoms in total. The summed E-state index contributed by atoms with van der Waals surface area (Å²) < 4.78 is 41.4. The van der Waals surface area contributed by atoms with Crippen LogP contribution in [0.5, 0.6) is 0 Å². The highest BCUT2D eigenvalue weighted by Crippen LogP contribution is 2.38. The van der Waals surface area contributed by atoms with Crippen molar-refractivity contribution in [2.75, 3.05) is 26.2 Å². The molecule has 3 heterocycles. The minimum Gasteiger partial charge on any atom is -0.338 e. The number of amides is 1. The summed E-state index contributed by atoms with van der Waals surface area (Å²) in [5, 5.41) is 7.69. The first kappa shape index (κ1) is 22.4. The highest BCUT2D eigenvalue weighted by atomic mass is 32.2. The first-order valence-electron chi connectivity index (χ1n) is 11.8. The van der Waals surface area contributed by atoms with Crippen LogP contribution < -0.4 is 5.56 Å². The van der Waals surface area contributed by atoms with Crippen molar-refractivity contribution in [2.45, 2.75) is 24.5 Å². The molecule has 6 rings (SSSR count). The second kappa shape index (κ2) is 8.23. The van der Waals surface area contributed by atoms with Crippen molar-refractivity contribution >= 4 is 26.7 Å². The van der Waals surface area contributed by atoms with Gasteiger partial charge in [0.2, 0.25) is 10.0 Å². The number of carbonyl (C=O) groups is 1. The summed E-state index contributed by atoms with van der Waals surface area (Å²) in [7, 11) is -3.22. The Balaban J connectivity index is 1.20. The molecule has 2 aromatic carbocycles. The molecule has 0 spiro atoms. The lowest BCUT2D eigenvalue weighted by Crippen LogP contribution is -2.37. The number of carbonyl (C=O) groups excluding carboxylic acids is 1. The summed E-state index contributed by atoms with van der Waals surface area (Å²) >= 11 is 0. The molecule has 2 unspecified atom stereocenters. The van der Waals surface area contributed by atoms with E-state index in [0.717, 1.165) is 12.8 Å². The predicted molar refractivity (Wildman–Crippen MR) is 128 cm³/mol. The number of aromatic amines is 1. The molecular formula is C25H25FN4O4S. The third kappa shape index (κ3) is 3.94. The van der Waals surface area contributed by atoms with Crippen LogP contribution in [0.15, 0.2) is 47.3 Å². The molecule has 35 heavy (non-hydrogen) atoms. The van der Waals surface area contributed by atoms with Crippen LogP contribution in [0.2, 0.25) is 0 Å². The summed E-state index contributed by atoms with van der Waals surface area (Å²) in [6.45, 7) is 1.72. The largest absolute Gasteiger partial charge is 0.338 e. The van der Waals surface area contributed by atoms with Crippen LogP contribution >= 0.6 is 0 Å². The first-order chi connectivity index (χ1) is 16.8. The standard InChI is InChI=1S/C25H25FN4O4S/c26-22-8-5-15(10-23-19-3-1-2-4-20(19)24(31)28-27-23)9-21(22)25(32)29-11-16-13-30(14-17(16)12-29)35(33,34)18-6-7-18/h1-5,8-9,16-18H,6-7,10-14H2,(H,28,31). The zero-order chi connectivity index (χ0) is 24.3. The van der Waals surface area contributed by atoms with Crippen LogP contribution in [0.3, 0.4) is 0 Å². The Morgan fingerprint density at radius 2 is 1.71 bits per heavy atom. The summed E-state index contributed by atoms with van der Waals surface area (Å²) in [4.78, 5) is 27.0. The van der Waals surface area contributed by atoms with Crippen molar-refractivity contribution in [1.29, 1.82) is 0 Å². The van der Waals surface area contributed by atoms with E-state index in [2.05, 4.69) is 10.2 Å². The number of sulfonamides is 1. The molecule has 1 saturated carbocycles. The maximum atomic E-state index is 14.7. The molecule has 0 bridgehead atoms. The van der Waals surface area contributed by atoms with E-state index in [1.807, 2.05) is 12.1 Å². The van der Waals surface area contributed by atoms with E-state index in [9.17, 15) is 22.4 Å². The summed E-state index contributed by atoms with van der Waals surface area (Å²) in [5.74, 6) is -0.812. The Bertz CT molecular complexity index is 1490. The van der Waals surface area contributed by atoms with Crippen LogP contribution in [0.4, 0.5) is 4.39 Å². The molecule has 3 fully saturated rings. The number of hydrogen-bond donors (Lipinski definition) is 1. The Morgan fingerprint density at radius 3 is 2.40 bits per heavy atom. The molecule has 2 saturated heterocycles. The quantitative estimate of drug-likeness (QED) is 0.583. The molecule has 1 aliphatic carbocycles. The van der Waals surface area contributed by atoms with Crippen LogP contribution in [-0.2, 0) is 16.4 Å². The Morgan fingerprint density at radius 1 is 1.03 bits per heavy atom. The van der Waals surface area contributed by atoms with Crippen LogP contribution in [-0.4, -0.2) is 65.2 Å². The average Bonchev–Trinajstić information content (AvgIpc) is 3.53. The van der Waals surface area contributed by atoms with Crippen molar-refractivity contribution in [3.63, 3.8) is 0 Å². The zero-order valence-electron chi connectivity index (χ0n) is 19.0. The molecule has 1 amide bonds. The Kier molecular flexibility index (Phi) is 5.26. The van der Waals surface area contributed by atoms with Gasteiger partial charge in [-0.15, -0.1) is 0 Å². The van der Waals surface area contributed by atoms with Crippen LogP contribution in [0, 0.1) is 17.7 Å². The van der Waals surface area contributed by atoms with Gasteiger partial charge in [0, 0.05) is 38.0 Å². The van der Waals surface area contributed by atoms with E-state index in [-0.39, 0.29) is 34.1 Å². The molecule has 3 aromatic rings. The smallest absolute Gasteiger partial charge is 0.272 e. The number of rotatable bonds is 5. The minimum atomic E-state index is -3.22. The van der Waals surface area contributed by atoms with Gasteiger partial charge in [0.1, 0.15) is 5.82 Å². The van der Waals surface area contributed by atoms with Gasteiger partial charge >= 0.3 is 0 Å². The van der Waals surface area contributed by atoms with Gasteiger partial charge in [-0.3, -0.25) is 9.59 Å². The lowest BCUT2D eigenvalue weighted by Gasteiger charge is -2.22. The monoisotopic (exact) mass is 496 g/mol. The number of nitrogens with one attached hydrogen (secondary N) is 1. The minimum absolute atomic E-state index is 0.00124. The lowest BCUT2D eigenvalue weighted by atomic mass is 10.0. The van der Waals surface area contributed by atoms with Crippen molar-refractivity contribution in [1.82, 2.24) is 19.4 Å². The normalized spacial score (nSPS) is 22.6. The topological polar surface area (TPSA) is 103 Å². The number of H-pyrrole nitrogens is 1. The Labute approximate surface area is 201 Å². The van der Waals surface area contributed by atoms with Gasteiger partial charge in [-0.2, -0.15) is 5.10 Å². The maximum Gasteiger partial charge on any atom is 0.272 e. The highest BCUT2D eigenvalue weighted by Gasteiger charge is 2.49. The molecule has 182 valence electrons. The first-order valence-corrected chi connectivity index (χ1v) is 13.3. The second-order valence-corrected chi connectivity index (χ2v) is 12.0. The van der Waals surface area contributed by atoms with Crippen molar-refractivity contribution in [2.24, 2.45) is 11.8 Å². The van der Waals surface area contributed by atoms with Gasteiger partial charge in [0.15, 0.2) is 0 Å². The van der Waals surface area contributed by atoms with Gasteiger partial charge in [0.25, 0.3) is 11.5 Å². The number of benzene rings is 2. The molecule has 1 aromatic heterocycles. The van der Waals surface area contributed by atoms with Crippen molar-refractivity contribution in [3.8, 4) is 0 Å². The molecule has 2 atom stereocenters. The third-order valence-electron chi connectivity index (χ3n) is 7.45. The number of fused-ring (bicyclic) bond motifs is 2. The fourth-order valence-electron chi connectivity index (χ4n) is 5.42. The summed E-state index contributed by atoms with van der Waals surface area (Å²) in [5.41, 5.74) is 1.07. The molecule has 2 aliphatic heterocycles. The predicted octanol–water partition coefficient (Wildman–Crippen LogP) is 2.15. The van der Waals surface area contributed by atoms with E-state index in [1.54, 1.807) is 33.5 Å². The fourth-order valence-corrected chi connectivity index (χ4v) is 7.37. The van der Waals surface area contributed by atoms with E-state index in [4.69, 9.17) is 0 Å². The summed E-state index contributed by atoms with van der Waals surface area (Å²) in [6, 6.07) is 11.6. The van der Waals surface area contributed by atoms with E-state index in [0.29, 0.717) is 54.6 Å². The highest BCUT2D eigenvalue weighted by molar-refractivity contribution is 7.90. The number of likely N-dealkylation sites (tertiary alicyclic amines) is 1. The molecule has 10 heteroatoms.